The van der Waals surface area contributed by atoms with Crippen LogP contribution in [0.15, 0.2) is 72.9 Å². The van der Waals surface area contributed by atoms with Gasteiger partial charge in [-0.15, -0.1) is 0 Å². The zero-order valence-corrected chi connectivity index (χ0v) is 18.5. The molecule has 1 aliphatic heterocycles. The van der Waals surface area contributed by atoms with E-state index in [-0.39, 0.29) is 17.9 Å². The van der Waals surface area contributed by atoms with Crippen LogP contribution < -0.4 is 0 Å². The summed E-state index contributed by atoms with van der Waals surface area (Å²) >= 11 is 0. The van der Waals surface area contributed by atoms with Crippen molar-refractivity contribution in [2.45, 2.75) is 32.2 Å². The van der Waals surface area contributed by atoms with E-state index >= 15 is 0 Å². The molecule has 5 nitrogen and oxygen atoms in total. The lowest BCUT2D eigenvalue weighted by Crippen LogP contribution is -2.48. The second kappa shape index (κ2) is 10.2. The molecule has 0 unspecified atom stereocenters. The number of pyridine rings is 1. The molecule has 0 bridgehead atoms. The number of benzene rings is 2. The summed E-state index contributed by atoms with van der Waals surface area (Å²) in [6, 6.07) is 19.5. The first-order chi connectivity index (χ1) is 15.7. The van der Waals surface area contributed by atoms with Gasteiger partial charge in [0.2, 0.25) is 5.91 Å². The Kier molecular flexibility index (Phi) is 6.95. The first-order valence-corrected chi connectivity index (χ1v) is 11.3. The van der Waals surface area contributed by atoms with Gasteiger partial charge in [0, 0.05) is 54.5 Å². The number of amides is 2. The van der Waals surface area contributed by atoms with Gasteiger partial charge in [0.25, 0.3) is 5.91 Å². The highest BCUT2D eigenvalue weighted by atomic mass is 16.2. The van der Waals surface area contributed by atoms with E-state index in [9.17, 15) is 9.59 Å². The molecule has 1 fully saturated rings. The number of aromatic nitrogens is 1. The third-order valence-electron chi connectivity index (χ3n) is 6.03. The van der Waals surface area contributed by atoms with Crippen molar-refractivity contribution in [2.75, 3.05) is 19.6 Å². The van der Waals surface area contributed by atoms with E-state index in [2.05, 4.69) is 11.9 Å². The number of hydrogen-bond donors (Lipinski definition) is 0. The van der Waals surface area contributed by atoms with Crippen molar-refractivity contribution >= 4 is 28.8 Å². The number of hydrogen-bond acceptors (Lipinski definition) is 3. The molecular weight excluding hydrogens is 398 g/mol. The maximum atomic E-state index is 13.1. The number of carbonyl (C=O) groups is 2. The monoisotopic (exact) mass is 427 g/mol. The van der Waals surface area contributed by atoms with Gasteiger partial charge in [-0.25, -0.2) is 0 Å². The van der Waals surface area contributed by atoms with Gasteiger partial charge < -0.3 is 9.80 Å². The molecule has 0 atom stereocenters. The van der Waals surface area contributed by atoms with Crippen molar-refractivity contribution in [2.24, 2.45) is 0 Å². The first-order valence-electron chi connectivity index (χ1n) is 11.3. The predicted octanol–water partition coefficient (Wildman–Crippen LogP) is 4.79. The Hall–Kier alpha value is -3.47. The molecule has 0 radical (unpaired) electrons. The molecule has 1 saturated heterocycles. The molecule has 0 N–H and O–H groups in total. The highest BCUT2D eigenvalue weighted by Gasteiger charge is 2.28. The topological polar surface area (TPSA) is 53.5 Å². The number of piperidine rings is 1. The predicted molar refractivity (Wildman–Crippen MR) is 128 cm³/mol. The molecule has 164 valence electrons. The quantitative estimate of drug-likeness (QED) is 0.532. The highest BCUT2D eigenvalue weighted by molar-refractivity contribution is 5.96. The molecular formula is C27H29N3O2. The van der Waals surface area contributed by atoms with Crippen LogP contribution in [-0.4, -0.2) is 52.3 Å². The van der Waals surface area contributed by atoms with Crippen LogP contribution >= 0.6 is 0 Å². The van der Waals surface area contributed by atoms with Gasteiger partial charge in [-0.3, -0.25) is 14.6 Å². The molecule has 3 aromatic rings. The van der Waals surface area contributed by atoms with Crippen LogP contribution in [0.2, 0.25) is 0 Å². The lowest BCUT2D eigenvalue weighted by atomic mass is 10.0. The summed E-state index contributed by atoms with van der Waals surface area (Å²) in [5.74, 6) is 0.0911. The Morgan fingerprint density at radius 2 is 1.78 bits per heavy atom. The van der Waals surface area contributed by atoms with Gasteiger partial charge in [-0.2, -0.15) is 0 Å². The third-order valence-corrected chi connectivity index (χ3v) is 6.03. The first kappa shape index (κ1) is 21.8. The lowest BCUT2D eigenvalue weighted by Gasteiger charge is -2.38. The minimum atomic E-state index is 0.0209. The molecule has 32 heavy (non-hydrogen) atoms. The molecule has 4 rings (SSSR count). The van der Waals surface area contributed by atoms with Crippen LogP contribution in [0.25, 0.3) is 17.0 Å². The molecule has 0 aliphatic carbocycles. The molecule has 1 aromatic heterocycles. The summed E-state index contributed by atoms with van der Waals surface area (Å²) in [6.07, 6.45) is 7.81. The third kappa shape index (κ3) is 4.88. The lowest BCUT2D eigenvalue weighted by molar-refractivity contribution is -0.129. The van der Waals surface area contributed by atoms with E-state index in [1.165, 1.54) is 0 Å². The minimum Gasteiger partial charge on any atom is -0.338 e. The number of nitrogens with zero attached hydrogens (tertiary/aromatic N) is 3. The number of fused-ring (bicyclic) bond motifs is 1. The number of carbonyl (C=O) groups excluding carboxylic acids is 2. The molecule has 0 saturated carbocycles. The average molecular weight is 428 g/mol. The second-order valence-corrected chi connectivity index (χ2v) is 8.18. The Morgan fingerprint density at radius 1 is 1.03 bits per heavy atom. The van der Waals surface area contributed by atoms with Crippen molar-refractivity contribution in [3.05, 3.63) is 84.1 Å². The summed E-state index contributed by atoms with van der Waals surface area (Å²) in [5, 5.41) is 1.06. The van der Waals surface area contributed by atoms with Crippen LogP contribution in [0.4, 0.5) is 0 Å². The van der Waals surface area contributed by atoms with Gasteiger partial charge in [0.1, 0.15) is 0 Å². The van der Waals surface area contributed by atoms with Crippen molar-refractivity contribution < 1.29 is 9.59 Å². The van der Waals surface area contributed by atoms with Crippen molar-refractivity contribution in [3.8, 4) is 0 Å². The average Bonchev–Trinajstić information content (AvgIpc) is 2.86. The van der Waals surface area contributed by atoms with E-state index < -0.39 is 0 Å². The molecule has 0 spiro atoms. The molecule has 2 aromatic carbocycles. The fourth-order valence-corrected chi connectivity index (χ4v) is 4.38. The molecule has 1 aliphatic rings. The van der Waals surface area contributed by atoms with Gasteiger partial charge in [-0.1, -0.05) is 49.4 Å². The summed E-state index contributed by atoms with van der Waals surface area (Å²) in [7, 11) is 0. The Balaban J connectivity index is 1.43. The van der Waals surface area contributed by atoms with Gasteiger partial charge >= 0.3 is 0 Å². The van der Waals surface area contributed by atoms with E-state index in [1.807, 2.05) is 76.5 Å². The van der Waals surface area contributed by atoms with Gasteiger partial charge in [0.15, 0.2) is 0 Å². The highest BCUT2D eigenvalue weighted by Crippen LogP contribution is 2.21. The Labute approximate surface area is 189 Å². The Bertz CT molecular complexity index is 1100. The Morgan fingerprint density at radius 3 is 2.53 bits per heavy atom. The molecule has 2 heterocycles. The fraction of sp³-hybridized carbons (Fsp3) is 0.296. The smallest absolute Gasteiger partial charge is 0.253 e. The summed E-state index contributed by atoms with van der Waals surface area (Å²) in [4.78, 5) is 34.2. The van der Waals surface area contributed by atoms with Crippen molar-refractivity contribution in [1.82, 2.24) is 14.8 Å². The van der Waals surface area contributed by atoms with Crippen LogP contribution in [-0.2, 0) is 4.79 Å². The second-order valence-electron chi connectivity index (χ2n) is 8.18. The van der Waals surface area contributed by atoms with Crippen LogP contribution in [0.3, 0.4) is 0 Å². The van der Waals surface area contributed by atoms with Gasteiger partial charge in [-0.05, 0) is 43.5 Å². The summed E-state index contributed by atoms with van der Waals surface area (Å²) in [5.41, 5.74) is 2.56. The zero-order valence-electron chi connectivity index (χ0n) is 18.5. The largest absolute Gasteiger partial charge is 0.338 e. The van der Waals surface area contributed by atoms with Crippen LogP contribution in [0.5, 0.6) is 0 Å². The van der Waals surface area contributed by atoms with Crippen LogP contribution in [0.1, 0.15) is 42.1 Å². The van der Waals surface area contributed by atoms with E-state index in [4.69, 9.17) is 0 Å². The zero-order chi connectivity index (χ0) is 22.3. The normalized spacial score (nSPS) is 14.7. The number of rotatable bonds is 6. The number of likely N-dealkylation sites (tertiary alicyclic amines) is 1. The van der Waals surface area contributed by atoms with Crippen LogP contribution in [0, 0.1) is 0 Å². The van der Waals surface area contributed by atoms with Gasteiger partial charge in [0.05, 0.1) is 5.52 Å². The van der Waals surface area contributed by atoms with E-state index in [0.29, 0.717) is 19.6 Å². The molecule has 2 amide bonds. The maximum absolute atomic E-state index is 13.1. The minimum absolute atomic E-state index is 0.0209. The van der Waals surface area contributed by atoms with Crippen molar-refractivity contribution in [3.63, 3.8) is 0 Å². The van der Waals surface area contributed by atoms with Crippen molar-refractivity contribution in [1.29, 1.82) is 0 Å². The number of para-hydroxylation sites is 1. The van der Waals surface area contributed by atoms with E-state index in [0.717, 1.165) is 41.3 Å². The summed E-state index contributed by atoms with van der Waals surface area (Å²) in [6.45, 7) is 4.15. The maximum Gasteiger partial charge on any atom is 0.253 e. The van der Waals surface area contributed by atoms with E-state index in [1.54, 1.807) is 12.3 Å². The standard InChI is InChI=1S/C27H29N3O2/c1-2-18-30(24-15-19-29(20-16-24)27(32)23-8-4-3-5-9-23)25(31)14-13-22-11-6-10-21-12-7-17-28-26(21)22/h3-14,17,24H,2,15-16,18-20H2,1H3/b14-13+. The SMILES string of the molecule is CCCN(C(=O)/C=C/c1cccc2cccnc12)C1CCN(C(=O)c2ccccc2)CC1. The molecule has 5 heteroatoms. The fourth-order valence-electron chi connectivity index (χ4n) is 4.38. The summed E-state index contributed by atoms with van der Waals surface area (Å²) < 4.78 is 0.